The lowest BCUT2D eigenvalue weighted by Gasteiger charge is -2.37. The van der Waals surface area contributed by atoms with Gasteiger partial charge in [0.25, 0.3) is 0 Å². The second-order valence-electron chi connectivity index (χ2n) is 11.2. The first-order valence-corrected chi connectivity index (χ1v) is 14.6. The summed E-state index contributed by atoms with van der Waals surface area (Å²) in [5.41, 5.74) is 3.00. The fraction of sp³-hybridized carbons (Fsp3) is 0.394. The molecule has 0 saturated heterocycles. The topological polar surface area (TPSA) is 102 Å². The molecule has 3 aliphatic rings. The van der Waals surface area contributed by atoms with E-state index >= 15 is 0 Å². The lowest BCUT2D eigenvalue weighted by atomic mass is 9.81. The quantitative estimate of drug-likeness (QED) is 0.327. The van der Waals surface area contributed by atoms with Crippen molar-refractivity contribution in [2.75, 3.05) is 26.1 Å². The van der Waals surface area contributed by atoms with E-state index in [0.717, 1.165) is 23.3 Å². The minimum Gasteiger partial charge on any atom is -0.493 e. The molecule has 0 fully saturated rings. The Kier molecular flexibility index (Phi) is 8.92. The van der Waals surface area contributed by atoms with Crippen LogP contribution in [-0.4, -0.2) is 51.0 Å². The molecule has 3 aromatic carbocycles. The number of hydrogen-bond acceptors (Lipinski definition) is 8. The number of Topliss-reactive ketones (excluding diaryl/α,β-unsaturated/α-hetero) is 1. The van der Waals surface area contributed by atoms with Crippen molar-refractivity contribution >= 4 is 29.2 Å². The number of carbonyl (C=O) groups excluding carboxylic acids is 2. The van der Waals surface area contributed by atoms with Crippen LogP contribution in [0.25, 0.3) is 0 Å². The Morgan fingerprint density at radius 2 is 1.72 bits per heavy atom. The highest BCUT2D eigenvalue weighted by Gasteiger charge is 2.45. The van der Waals surface area contributed by atoms with Crippen molar-refractivity contribution in [1.82, 2.24) is 0 Å². The van der Waals surface area contributed by atoms with Gasteiger partial charge in [0.1, 0.15) is 36.1 Å². The van der Waals surface area contributed by atoms with E-state index in [1.807, 2.05) is 18.2 Å². The highest BCUT2D eigenvalue weighted by Crippen LogP contribution is 2.49. The summed E-state index contributed by atoms with van der Waals surface area (Å²) in [6.07, 6.45) is -0.127. The zero-order chi connectivity index (χ0) is 30.8. The highest BCUT2D eigenvalue weighted by molar-refractivity contribution is 6.30. The third kappa shape index (κ3) is 6.32. The van der Waals surface area contributed by atoms with Gasteiger partial charge in [0.2, 0.25) is 0 Å². The van der Waals surface area contributed by atoms with Crippen molar-refractivity contribution in [1.29, 1.82) is 0 Å². The molecule has 0 spiro atoms. The molecule has 0 bridgehead atoms. The Hall–Kier alpha value is -4.11. The predicted molar refractivity (Wildman–Crippen MR) is 163 cm³/mol. The van der Waals surface area contributed by atoms with E-state index in [1.165, 1.54) is 0 Å². The maximum atomic E-state index is 13.5. The van der Waals surface area contributed by atoms with E-state index in [9.17, 15) is 9.59 Å². The number of carbonyl (C=O) groups is 2. The summed E-state index contributed by atoms with van der Waals surface area (Å²) in [4.78, 5) is 24.7. The minimum atomic E-state index is -0.470. The first kappa shape index (κ1) is 30.4. The van der Waals surface area contributed by atoms with Crippen molar-refractivity contribution in [2.45, 2.75) is 58.3 Å². The van der Waals surface area contributed by atoms with Crippen LogP contribution in [0.2, 0.25) is 5.02 Å². The molecule has 10 heteroatoms. The third-order valence-electron chi connectivity index (χ3n) is 7.50. The molecule has 0 saturated carbocycles. The molecule has 1 amide bonds. The van der Waals surface area contributed by atoms with Gasteiger partial charge in [-0.25, -0.2) is 4.79 Å². The standard InChI is InChI=1S/C23H24O6.C10H12ClNO2/c1-11(2)16-8-14-15(28-16)6-5-12-22(24)21-13-7-18(25-3)19(26-4)9-17(13)27-10-20(21)29-23(12)14;1-7(2)14-10(13)12-9-5-3-4-8(11)6-9/h5-7,9,11,16,20-21H,8,10H2,1-4H3;3-7H,1-2H3,(H,12,13). The van der Waals surface area contributed by atoms with Gasteiger partial charge in [0.15, 0.2) is 17.3 Å². The highest BCUT2D eigenvalue weighted by atomic mass is 35.5. The number of rotatable bonds is 5. The van der Waals surface area contributed by atoms with E-state index in [0.29, 0.717) is 51.8 Å². The molecule has 9 nitrogen and oxygen atoms in total. The average molecular weight is 610 g/mol. The summed E-state index contributed by atoms with van der Waals surface area (Å²) in [6.45, 7) is 8.16. The van der Waals surface area contributed by atoms with Crippen LogP contribution in [0.5, 0.6) is 28.7 Å². The Morgan fingerprint density at radius 3 is 2.40 bits per heavy atom. The fourth-order valence-electron chi connectivity index (χ4n) is 5.39. The SMILES string of the molecule is CC(C)OC(=O)Nc1cccc(Cl)c1.COc1cc2c(cc1OC)C1C(=O)c3ccc4c(c3OC1CO2)CC(C(C)C)O4. The van der Waals surface area contributed by atoms with Crippen LogP contribution in [0.15, 0.2) is 48.5 Å². The number of nitrogens with one attached hydrogen (secondary N) is 1. The molecule has 3 atom stereocenters. The Balaban J connectivity index is 0.000000222. The van der Waals surface area contributed by atoms with Gasteiger partial charge in [-0.15, -0.1) is 0 Å². The van der Waals surface area contributed by atoms with Crippen molar-refractivity contribution in [3.8, 4) is 28.7 Å². The summed E-state index contributed by atoms with van der Waals surface area (Å²) in [7, 11) is 3.16. The Labute approximate surface area is 256 Å². The lowest BCUT2D eigenvalue weighted by Crippen LogP contribution is -2.43. The summed E-state index contributed by atoms with van der Waals surface area (Å²) in [6, 6.07) is 14.2. The average Bonchev–Trinajstić information content (AvgIpc) is 3.42. The molecule has 228 valence electrons. The largest absolute Gasteiger partial charge is 0.493 e. The number of benzene rings is 3. The number of methoxy groups -OCH3 is 2. The minimum absolute atomic E-state index is 0.0452. The normalized spacial score (nSPS) is 19.3. The number of ether oxygens (including phenoxy) is 6. The summed E-state index contributed by atoms with van der Waals surface area (Å²) in [5.74, 6) is 3.24. The second kappa shape index (κ2) is 12.6. The van der Waals surface area contributed by atoms with Crippen LogP contribution in [0.4, 0.5) is 10.5 Å². The van der Waals surface area contributed by atoms with Gasteiger partial charge in [-0.05, 0) is 56.2 Å². The van der Waals surface area contributed by atoms with Crippen molar-refractivity contribution in [3.05, 3.63) is 70.2 Å². The number of fused-ring (bicyclic) bond motifs is 6. The van der Waals surface area contributed by atoms with Crippen LogP contribution in [0, 0.1) is 5.92 Å². The molecule has 0 aliphatic carbocycles. The first-order chi connectivity index (χ1) is 20.6. The van der Waals surface area contributed by atoms with Crippen LogP contribution >= 0.6 is 11.6 Å². The van der Waals surface area contributed by atoms with Gasteiger partial charge in [-0.3, -0.25) is 10.1 Å². The maximum Gasteiger partial charge on any atom is 0.411 e. The van der Waals surface area contributed by atoms with Crippen LogP contribution in [0.3, 0.4) is 0 Å². The number of amides is 1. The molecular weight excluding hydrogens is 574 g/mol. The molecule has 3 aliphatic heterocycles. The molecule has 3 heterocycles. The van der Waals surface area contributed by atoms with E-state index in [-0.39, 0.29) is 24.1 Å². The number of ketones is 1. The van der Waals surface area contributed by atoms with Crippen molar-refractivity contribution < 1.29 is 38.0 Å². The van der Waals surface area contributed by atoms with Crippen molar-refractivity contribution in [2.24, 2.45) is 5.92 Å². The third-order valence-corrected chi connectivity index (χ3v) is 7.74. The predicted octanol–water partition coefficient (Wildman–Crippen LogP) is 7.08. The molecule has 1 N–H and O–H groups in total. The van der Waals surface area contributed by atoms with Crippen LogP contribution in [-0.2, 0) is 11.2 Å². The van der Waals surface area contributed by atoms with Gasteiger partial charge in [0.05, 0.1) is 31.8 Å². The lowest BCUT2D eigenvalue weighted by molar-refractivity contribution is 0.0554. The van der Waals surface area contributed by atoms with Gasteiger partial charge >= 0.3 is 6.09 Å². The molecule has 6 rings (SSSR count). The summed E-state index contributed by atoms with van der Waals surface area (Å²) in [5, 5.41) is 3.14. The van der Waals surface area contributed by atoms with Gasteiger partial charge < -0.3 is 28.4 Å². The summed E-state index contributed by atoms with van der Waals surface area (Å²) < 4.78 is 34.1. The van der Waals surface area contributed by atoms with Crippen LogP contribution in [0.1, 0.15) is 55.1 Å². The number of anilines is 1. The second-order valence-corrected chi connectivity index (χ2v) is 11.6. The van der Waals surface area contributed by atoms with E-state index < -0.39 is 12.0 Å². The molecule has 43 heavy (non-hydrogen) atoms. The number of hydrogen-bond donors (Lipinski definition) is 1. The van der Waals surface area contributed by atoms with Gasteiger partial charge in [-0.1, -0.05) is 31.5 Å². The maximum absolute atomic E-state index is 13.5. The molecule has 0 radical (unpaired) electrons. The van der Waals surface area contributed by atoms with Gasteiger partial charge in [-0.2, -0.15) is 0 Å². The smallest absolute Gasteiger partial charge is 0.411 e. The molecule has 3 unspecified atom stereocenters. The van der Waals surface area contributed by atoms with Crippen LogP contribution < -0.4 is 29.0 Å². The fourth-order valence-corrected chi connectivity index (χ4v) is 5.58. The van der Waals surface area contributed by atoms with Gasteiger partial charge in [0, 0.05) is 34.3 Å². The zero-order valence-electron chi connectivity index (χ0n) is 25.1. The number of halogens is 1. The van der Waals surface area contributed by atoms with E-state index in [2.05, 4.69) is 19.2 Å². The molecule has 3 aromatic rings. The monoisotopic (exact) mass is 609 g/mol. The zero-order valence-corrected chi connectivity index (χ0v) is 25.8. The van der Waals surface area contributed by atoms with E-state index in [1.54, 1.807) is 58.4 Å². The Bertz CT molecular complexity index is 1520. The summed E-state index contributed by atoms with van der Waals surface area (Å²) >= 11 is 5.74. The molecular formula is C33H36ClNO8. The molecule has 0 aromatic heterocycles. The Morgan fingerprint density at radius 1 is 0.977 bits per heavy atom. The first-order valence-electron chi connectivity index (χ1n) is 14.2. The van der Waals surface area contributed by atoms with Crippen molar-refractivity contribution in [3.63, 3.8) is 0 Å². The van der Waals surface area contributed by atoms with E-state index in [4.69, 9.17) is 40.0 Å².